The number of sulfonamides is 1. The first-order chi connectivity index (χ1) is 14.1. The topological polar surface area (TPSA) is 105 Å². The highest BCUT2D eigenvalue weighted by molar-refractivity contribution is 7.95. The number of carbonyl (C=O) groups excluding carboxylic acids is 1. The third-order valence-electron chi connectivity index (χ3n) is 5.82. The minimum atomic E-state index is -3.69. The molecule has 3 heterocycles. The van der Waals surface area contributed by atoms with Gasteiger partial charge in [0.1, 0.15) is 0 Å². The lowest BCUT2D eigenvalue weighted by atomic mass is 10.0. The minimum Gasteiger partial charge on any atom is -0.336 e. The summed E-state index contributed by atoms with van der Waals surface area (Å²) in [6.07, 6.45) is 0.144. The fraction of sp³-hybridized carbons (Fsp3) is 0.500. The van der Waals surface area contributed by atoms with Gasteiger partial charge in [-0.2, -0.15) is 4.31 Å². The van der Waals surface area contributed by atoms with Crippen LogP contribution in [0.25, 0.3) is 10.9 Å². The molecule has 1 atom stereocenters. The molecule has 30 heavy (non-hydrogen) atoms. The quantitative estimate of drug-likeness (QED) is 0.693. The molecule has 2 saturated heterocycles. The van der Waals surface area contributed by atoms with E-state index in [1.165, 1.54) is 4.31 Å². The Bertz CT molecular complexity index is 1220. The van der Waals surface area contributed by atoms with Crippen LogP contribution < -0.4 is 0 Å². The number of hydrogen-bond acceptors (Lipinski definition) is 6. The van der Waals surface area contributed by atoms with Gasteiger partial charge in [-0.25, -0.2) is 16.8 Å². The van der Waals surface area contributed by atoms with Crippen molar-refractivity contribution in [2.45, 2.75) is 25.5 Å². The highest BCUT2D eigenvalue weighted by atomic mass is 32.2. The van der Waals surface area contributed by atoms with Crippen LogP contribution in [-0.4, -0.2) is 79.9 Å². The number of rotatable bonds is 3. The fourth-order valence-electron chi connectivity index (χ4n) is 4.17. The van der Waals surface area contributed by atoms with Gasteiger partial charge in [0, 0.05) is 37.3 Å². The van der Waals surface area contributed by atoms with E-state index in [4.69, 9.17) is 0 Å². The first-order valence-electron chi connectivity index (χ1n) is 9.93. The van der Waals surface area contributed by atoms with Crippen molar-refractivity contribution in [2.75, 3.05) is 37.7 Å². The van der Waals surface area contributed by atoms with Crippen LogP contribution in [0, 0.1) is 13.8 Å². The number of fused-ring (bicyclic) bond motifs is 1. The van der Waals surface area contributed by atoms with Crippen molar-refractivity contribution in [1.29, 1.82) is 0 Å². The molecular formula is C20H25N3O5S2. The Morgan fingerprint density at radius 1 is 1.10 bits per heavy atom. The van der Waals surface area contributed by atoms with E-state index >= 15 is 0 Å². The lowest BCUT2D eigenvalue weighted by Crippen LogP contribution is -2.52. The molecule has 1 aromatic carbocycles. The summed E-state index contributed by atoms with van der Waals surface area (Å²) in [5.74, 6) is -0.532. The third-order valence-corrected chi connectivity index (χ3v) is 10.1. The number of aromatic nitrogens is 1. The standard InChI is InChI=1S/C20H25N3O5S2/c1-14-3-4-19-17(11-14)18(12-15(2)21-19)20(24)22-6-8-23(9-7-22)30(27,28)16-5-10-29(25,26)13-16/h3-4,11-12,16H,5-10,13H2,1-2H3. The number of amides is 1. The zero-order chi connectivity index (χ0) is 21.7. The maximum Gasteiger partial charge on any atom is 0.254 e. The van der Waals surface area contributed by atoms with E-state index in [0.717, 1.165) is 22.2 Å². The molecule has 1 unspecified atom stereocenters. The molecular weight excluding hydrogens is 426 g/mol. The van der Waals surface area contributed by atoms with Crippen LogP contribution in [0.5, 0.6) is 0 Å². The van der Waals surface area contributed by atoms with Gasteiger partial charge in [-0.05, 0) is 38.5 Å². The Labute approximate surface area is 176 Å². The van der Waals surface area contributed by atoms with E-state index in [2.05, 4.69) is 4.98 Å². The smallest absolute Gasteiger partial charge is 0.254 e. The largest absolute Gasteiger partial charge is 0.336 e. The van der Waals surface area contributed by atoms with Crippen LogP contribution in [0.1, 0.15) is 28.0 Å². The summed E-state index contributed by atoms with van der Waals surface area (Å²) in [6.45, 7) is 4.69. The first kappa shape index (κ1) is 21.2. The van der Waals surface area contributed by atoms with Gasteiger partial charge in [0.15, 0.2) is 9.84 Å². The van der Waals surface area contributed by atoms with Crippen molar-refractivity contribution >= 4 is 36.7 Å². The summed E-state index contributed by atoms with van der Waals surface area (Å²) >= 11 is 0. The average molecular weight is 452 g/mol. The number of piperazine rings is 1. The summed E-state index contributed by atoms with van der Waals surface area (Å²) in [4.78, 5) is 19.4. The SMILES string of the molecule is Cc1ccc2nc(C)cc(C(=O)N3CCN(S(=O)(=O)C4CCS(=O)(=O)C4)CC3)c2c1. The molecule has 8 nitrogen and oxygen atoms in total. The monoisotopic (exact) mass is 451 g/mol. The van der Waals surface area contributed by atoms with Gasteiger partial charge >= 0.3 is 0 Å². The molecule has 10 heteroatoms. The summed E-state index contributed by atoms with van der Waals surface area (Å²) in [5, 5.41) is -0.0867. The number of benzene rings is 1. The van der Waals surface area contributed by atoms with E-state index in [-0.39, 0.29) is 50.0 Å². The van der Waals surface area contributed by atoms with Crippen LogP contribution in [0.15, 0.2) is 24.3 Å². The van der Waals surface area contributed by atoms with E-state index in [0.29, 0.717) is 5.56 Å². The molecule has 2 aliphatic heterocycles. The van der Waals surface area contributed by atoms with E-state index in [9.17, 15) is 21.6 Å². The maximum atomic E-state index is 13.2. The predicted octanol–water partition coefficient (Wildman–Crippen LogP) is 1.13. The Morgan fingerprint density at radius 3 is 2.43 bits per heavy atom. The van der Waals surface area contributed by atoms with Gasteiger partial charge in [0.05, 0.1) is 27.8 Å². The number of hydrogen-bond donors (Lipinski definition) is 0. The molecule has 0 N–H and O–H groups in total. The molecule has 0 saturated carbocycles. The number of sulfone groups is 1. The lowest BCUT2D eigenvalue weighted by Gasteiger charge is -2.35. The maximum absolute atomic E-state index is 13.2. The number of carbonyl (C=O) groups is 1. The predicted molar refractivity (Wildman–Crippen MR) is 115 cm³/mol. The Morgan fingerprint density at radius 2 is 1.80 bits per heavy atom. The van der Waals surface area contributed by atoms with Crippen LogP contribution in [0.3, 0.4) is 0 Å². The minimum absolute atomic E-state index is 0.0801. The van der Waals surface area contributed by atoms with Gasteiger partial charge in [-0.15, -0.1) is 0 Å². The van der Waals surface area contributed by atoms with Gasteiger partial charge in [0.25, 0.3) is 5.91 Å². The molecule has 1 aromatic heterocycles. The lowest BCUT2D eigenvalue weighted by molar-refractivity contribution is 0.0699. The van der Waals surface area contributed by atoms with Crippen LogP contribution in [0.4, 0.5) is 0 Å². The third kappa shape index (κ3) is 3.95. The second kappa shape index (κ2) is 7.58. The van der Waals surface area contributed by atoms with Gasteiger partial charge in [-0.1, -0.05) is 11.6 Å². The fourth-order valence-corrected chi connectivity index (χ4v) is 8.68. The summed E-state index contributed by atoms with van der Waals surface area (Å²) in [7, 11) is -6.97. The van der Waals surface area contributed by atoms with Crippen LogP contribution >= 0.6 is 0 Å². The highest BCUT2D eigenvalue weighted by Gasteiger charge is 2.41. The number of nitrogens with zero attached hydrogens (tertiary/aromatic N) is 3. The van der Waals surface area contributed by atoms with E-state index in [1.54, 1.807) is 11.0 Å². The van der Waals surface area contributed by atoms with E-state index < -0.39 is 25.1 Å². The first-order valence-corrected chi connectivity index (χ1v) is 13.3. The molecule has 1 amide bonds. The van der Waals surface area contributed by atoms with Gasteiger partial charge in [0.2, 0.25) is 10.0 Å². The Balaban J connectivity index is 1.52. The Hall–Kier alpha value is -2.04. The second-order valence-corrected chi connectivity index (χ2v) is 12.5. The van der Waals surface area contributed by atoms with Crippen molar-refractivity contribution < 1.29 is 21.6 Å². The van der Waals surface area contributed by atoms with Crippen molar-refractivity contribution in [2.24, 2.45) is 0 Å². The van der Waals surface area contributed by atoms with Crippen LogP contribution in [0.2, 0.25) is 0 Å². The zero-order valence-electron chi connectivity index (χ0n) is 17.0. The van der Waals surface area contributed by atoms with Gasteiger partial charge in [-0.3, -0.25) is 9.78 Å². The zero-order valence-corrected chi connectivity index (χ0v) is 18.7. The normalized spacial score (nSPS) is 22.5. The second-order valence-electron chi connectivity index (χ2n) is 8.09. The molecule has 2 aromatic rings. The van der Waals surface area contributed by atoms with Crippen molar-refractivity contribution in [3.63, 3.8) is 0 Å². The van der Waals surface area contributed by atoms with Crippen molar-refractivity contribution in [3.05, 3.63) is 41.1 Å². The Kier molecular flexibility index (Phi) is 5.36. The van der Waals surface area contributed by atoms with E-state index in [1.807, 2.05) is 32.0 Å². The molecule has 0 spiro atoms. The van der Waals surface area contributed by atoms with Gasteiger partial charge < -0.3 is 4.90 Å². The summed E-state index contributed by atoms with van der Waals surface area (Å²) < 4.78 is 50.4. The number of pyridine rings is 1. The molecule has 0 bridgehead atoms. The molecule has 4 rings (SSSR count). The van der Waals surface area contributed by atoms with Crippen LogP contribution in [-0.2, 0) is 19.9 Å². The molecule has 2 aliphatic rings. The molecule has 162 valence electrons. The number of aryl methyl sites for hydroxylation is 2. The average Bonchev–Trinajstić information content (AvgIpc) is 3.08. The van der Waals surface area contributed by atoms with Crippen molar-refractivity contribution in [3.8, 4) is 0 Å². The summed E-state index contributed by atoms with van der Waals surface area (Å²) in [5.41, 5.74) is 3.11. The molecule has 0 aliphatic carbocycles. The van der Waals surface area contributed by atoms with Crippen molar-refractivity contribution in [1.82, 2.24) is 14.2 Å². The highest BCUT2D eigenvalue weighted by Crippen LogP contribution is 2.25. The summed E-state index contributed by atoms with van der Waals surface area (Å²) in [6, 6.07) is 7.57. The molecule has 0 radical (unpaired) electrons. The molecule has 2 fully saturated rings.